The van der Waals surface area contributed by atoms with Crippen LogP contribution in [0.2, 0.25) is 13.1 Å². The van der Waals surface area contributed by atoms with Crippen LogP contribution in [0.25, 0.3) is 43.8 Å². The Morgan fingerprint density at radius 1 is 0.562 bits per heavy atom. The summed E-state index contributed by atoms with van der Waals surface area (Å²) in [6.45, 7) is 17.5. The molecular formula is C44H52Cl2SiZr. The second kappa shape index (κ2) is 21.1. The SMILES string of the molecule is CCCCc1cc2c(-c3cc(C)cc(C)c3)cccc2[cH-]1.CCCCc1cc2c(-c3cc(C)cc(C)c3)cccc2[cH-]1.C[Si]C.[Cl][Zr+2][Cl]. The average molecular weight is 771 g/mol. The molecule has 0 spiro atoms. The van der Waals surface area contributed by atoms with E-state index in [1.807, 2.05) is 0 Å². The maximum atomic E-state index is 4.93. The summed E-state index contributed by atoms with van der Waals surface area (Å²) in [6.07, 6.45) is 7.44. The van der Waals surface area contributed by atoms with Gasteiger partial charge in [0.1, 0.15) is 0 Å². The van der Waals surface area contributed by atoms with Crippen molar-refractivity contribution in [1.82, 2.24) is 0 Å². The number of hydrogen-bond donors (Lipinski definition) is 0. The molecule has 0 amide bonds. The number of benzene rings is 4. The maximum absolute atomic E-state index is 4.93. The Morgan fingerprint density at radius 3 is 1.21 bits per heavy atom. The van der Waals surface area contributed by atoms with E-state index in [1.165, 1.54) is 116 Å². The molecule has 6 rings (SSSR count). The molecule has 4 heteroatoms. The van der Waals surface area contributed by atoms with Gasteiger partial charge in [-0.3, -0.25) is 0 Å². The molecule has 0 aromatic heterocycles. The molecule has 48 heavy (non-hydrogen) atoms. The van der Waals surface area contributed by atoms with Crippen LogP contribution in [0, 0.1) is 27.7 Å². The van der Waals surface area contributed by atoms with Crippen molar-refractivity contribution >= 4 is 48.1 Å². The first-order valence-corrected chi connectivity index (χ1v) is 25.6. The van der Waals surface area contributed by atoms with Gasteiger partial charge >= 0.3 is 37.9 Å². The van der Waals surface area contributed by atoms with Gasteiger partial charge in [0.15, 0.2) is 0 Å². The Bertz CT molecular complexity index is 1670. The minimum absolute atomic E-state index is 0.826. The first kappa shape index (κ1) is 40.2. The third-order valence-corrected chi connectivity index (χ3v) is 8.32. The molecule has 0 aliphatic heterocycles. The van der Waals surface area contributed by atoms with Gasteiger partial charge in [0.05, 0.1) is 0 Å². The van der Waals surface area contributed by atoms with E-state index in [0.717, 1.165) is 9.52 Å². The normalized spacial score (nSPS) is 10.4. The van der Waals surface area contributed by atoms with E-state index >= 15 is 0 Å². The number of halogens is 2. The number of aryl methyl sites for hydroxylation is 6. The number of fused-ring (bicyclic) bond motifs is 2. The first-order chi connectivity index (χ1) is 23.2. The van der Waals surface area contributed by atoms with Gasteiger partial charge in [-0.1, -0.05) is 135 Å². The van der Waals surface area contributed by atoms with Gasteiger partial charge in [0.25, 0.3) is 0 Å². The Labute approximate surface area is 312 Å². The van der Waals surface area contributed by atoms with Gasteiger partial charge < -0.3 is 0 Å². The topological polar surface area (TPSA) is 0 Å². The van der Waals surface area contributed by atoms with Gasteiger partial charge in [0.2, 0.25) is 0 Å². The van der Waals surface area contributed by atoms with Crippen molar-refractivity contribution < 1.29 is 20.8 Å². The van der Waals surface area contributed by atoms with Crippen LogP contribution in [-0.4, -0.2) is 9.52 Å². The summed E-state index contributed by atoms with van der Waals surface area (Å²) in [5.74, 6) is 0. The van der Waals surface area contributed by atoms with Crippen molar-refractivity contribution in [2.45, 2.75) is 93.2 Å². The van der Waals surface area contributed by atoms with Gasteiger partial charge in [-0.15, -0.1) is 69.1 Å². The monoisotopic (exact) mass is 768 g/mol. The Morgan fingerprint density at radius 2 is 0.896 bits per heavy atom. The molecule has 250 valence electrons. The predicted molar refractivity (Wildman–Crippen MR) is 215 cm³/mol. The van der Waals surface area contributed by atoms with Gasteiger partial charge in [-0.25, -0.2) is 0 Å². The van der Waals surface area contributed by atoms with Crippen molar-refractivity contribution in [3.8, 4) is 22.3 Å². The molecular weight excluding hydrogens is 719 g/mol. The Balaban J connectivity index is 0.000000224. The predicted octanol–water partition coefficient (Wildman–Crippen LogP) is 14.5. The second-order valence-electron chi connectivity index (χ2n) is 12.9. The van der Waals surface area contributed by atoms with Crippen molar-refractivity contribution in [3.63, 3.8) is 0 Å². The van der Waals surface area contributed by atoms with Crippen LogP contribution in [0.4, 0.5) is 0 Å². The molecule has 0 N–H and O–H groups in total. The van der Waals surface area contributed by atoms with Crippen LogP contribution >= 0.6 is 17.0 Å². The summed E-state index contributed by atoms with van der Waals surface area (Å²) >= 11 is -0.826. The number of hydrogen-bond acceptors (Lipinski definition) is 0. The molecule has 0 aliphatic carbocycles. The zero-order chi connectivity index (χ0) is 35.1. The zero-order valence-corrected chi connectivity index (χ0v) is 35.2. The van der Waals surface area contributed by atoms with E-state index in [-0.39, 0.29) is 0 Å². The summed E-state index contributed by atoms with van der Waals surface area (Å²) in [7, 11) is 11.0. The molecule has 0 bridgehead atoms. The summed E-state index contributed by atoms with van der Waals surface area (Å²) in [5, 5.41) is 5.54. The van der Waals surface area contributed by atoms with Crippen LogP contribution in [0.5, 0.6) is 0 Å². The molecule has 0 nitrogen and oxygen atoms in total. The van der Waals surface area contributed by atoms with Crippen LogP contribution in [0.3, 0.4) is 0 Å². The van der Waals surface area contributed by atoms with E-state index in [1.54, 1.807) is 0 Å². The van der Waals surface area contributed by atoms with Gasteiger partial charge in [-0.2, -0.15) is 12.1 Å². The summed E-state index contributed by atoms with van der Waals surface area (Å²) in [5.41, 5.74) is 13.7. The molecule has 0 saturated carbocycles. The van der Waals surface area contributed by atoms with Crippen LogP contribution < -0.4 is 0 Å². The zero-order valence-electron chi connectivity index (χ0n) is 30.2. The fourth-order valence-electron chi connectivity index (χ4n) is 6.41. The van der Waals surface area contributed by atoms with E-state index < -0.39 is 20.8 Å². The molecule has 0 heterocycles. The third-order valence-electron chi connectivity index (χ3n) is 8.32. The van der Waals surface area contributed by atoms with E-state index in [2.05, 4.69) is 152 Å². The standard InChI is InChI=1S/2C21H23.C2H6Si.2ClH.Zr/c2*1-4-5-7-17-13-18-8-6-9-20(21(18)14-17)19-11-15(2)10-16(3)12-19;1-3-2;;;/h2*6,8-14H,4-5,7H2,1-3H3;1-2H3;2*1H;/q2*-1;;;;+4/p-2. The first-order valence-electron chi connectivity index (χ1n) is 17.3. The van der Waals surface area contributed by atoms with Crippen LogP contribution in [-0.2, 0) is 33.7 Å². The van der Waals surface area contributed by atoms with E-state index in [4.69, 9.17) is 17.0 Å². The number of rotatable bonds is 8. The Hall–Kier alpha value is -2.22. The van der Waals surface area contributed by atoms with Crippen molar-refractivity contribution in [2.24, 2.45) is 0 Å². The van der Waals surface area contributed by atoms with E-state index in [0.29, 0.717) is 0 Å². The second-order valence-corrected chi connectivity index (χ2v) is 17.6. The number of unbranched alkanes of at least 4 members (excludes halogenated alkanes) is 2. The fourth-order valence-corrected chi connectivity index (χ4v) is 6.41. The van der Waals surface area contributed by atoms with Crippen LogP contribution in [0.15, 0.2) is 97.1 Å². The van der Waals surface area contributed by atoms with Gasteiger partial charge in [-0.05, 0) is 51.7 Å². The van der Waals surface area contributed by atoms with E-state index in [9.17, 15) is 0 Å². The molecule has 0 atom stereocenters. The molecule has 0 aliphatic rings. The fraction of sp³-hybridized carbons (Fsp3) is 0.318. The molecule has 0 saturated heterocycles. The summed E-state index contributed by atoms with van der Waals surface area (Å²) in [4.78, 5) is 0. The van der Waals surface area contributed by atoms with Crippen molar-refractivity contribution in [3.05, 3.63) is 130 Å². The molecule has 6 aromatic carbocycles. The average Bonchev–Trinajstić information content (AvgIpc) is 3.66. The quantitative estimate of drug-likeness (QED) is 0.107. The molecule has 0 unspecified atom stereocenters. The summed E-state index contributed by atoms with van der Waals surface area (Å²) in [6, 6.07) is 36.5. The van der Waals surface area contributed by atoms with Crippen molar-refractivity contribution in [2.75, 3.05) is 0 Å². The van der Waals surface area contributed by atoms with Gasteiger partial charge in [0, 0.05) is 9.52 Å². The molecule has 6 aromatic rings. The van der Waals surface area contributed by atoms with Crippen molar-refractivity contribution in [1.29, 1.82) is 0 Å². The third kappa shape index (κ3) is 12.0. The minimum atomic E-state index is -0.826. The summed E-state index contributed by atoms with van der Waals surface area (Å²) < 4.78 is 0. The molecule has 2 radical (unpaired) electrons. The Kier molecular flexibility index (Phi) is 17.7. The van der Waals surface area contributed by atoms with Crippen LogP contribution in [0.1, 0.15) is 72.9 Å². The molecule has 0 fully saturated rings.